The van der Waals surface area contributed by atoms with Crippen molar-refractivity contribution in [3.63, 3.8) is 0 Å². The molecule has 0 aliphatic carbocycles. The van der Waals surface area contributed by atoms with Gasteiger partial charge in [0.05, 0.1) is 5.69 Å². The maximum absolute atomic E-state index is 12.1. The zero-order valence-corrected chi connectivity index (χ0v) is 10.8. The average molecular weight is 267 g/mol. The van der Waals surface area contributed by atoms with Gasteiger partial charge in [-0.05, 0) is 42.5 Å². The Morgan fingerprint density at radius 1 is 1.10 bits per heavy atom. The molecule has 1 aliphatic rings. The topological polar surface area (TPSA) is 48.4 Å². The maximum Gasteiger partial charge on any atom is 0.186 e. The number of hydrogen-bond donors (Lipinski definition) is 0. The Labute approximate surface area is 116 Å². The molecule has 100 valence electrons. The van der Waals surface area contributed by atoms with Crippen LogP contribution in [0.2, 0.25) is 0 Å². The third-order valence-electron chi connectivity index (χ3n) is 2.92. The molecule has 0 amide bonds. The zero-order chi connectivity index (χ0) is 13.8. The lowest BCUT2D eigenvalue weighted by Crippen LogP contribution is -2.15. The summed E-state index contributed by atoms with van der Waals surface area (Å²) in [5, 5.41) is 0. The lowest BCUT2D eigenvalue weighted by atomic mass is 10.1. The van der Waals surface area contributed by atoms with Crippen LogP contribution in [0.5, 0.6) is 11.5 Å². The molecule has 4 nitrogen and oxygen atoms in total. The van der Waals surface area contributed by atoms with Gasteiger partial charge in [0.1, 0.15) is 13.2 Å². The van der Waals surface area contributed by atoms with Crippen LogP contribution in [-0.2, 0) is 0 Å². The summed E-state index contributed by atoms with van der Waals surface area (Å²) in [5.74, 6) is 1.21. The third-order valence-corrected chi connectivity index (χ3v) is 2.92. The molecule has 1 aromatic heterocycles. The molecule has 1 aliphatic heterocycles. The molecule has 0 atom stereocenters. The highest BCUT2D eigenvalue weighted by Gasteiger charge is 2.13. The van der Waals surface area contributed by atoms with Crippen molar-refractivity contribution < 1.29 is 14.3 Å². The number of allylic oxidation sites excluding steroid dienone is 1. The number of aromatic nitrogens is 1. The van der Waals surface area contributed by atoms with E-state index in [2.05, 4.69) is 4.98 Å². The second-order valence-electron chi connectivity index (χ2n) is 4.31. The van der Waals surface area contributed by atoms with Gasteiger partial charge in [-0.15, -0.1) is 0 Å². The van der Waals surface area contributed by atoms with Crippen LogP contribution in [0.15, 0.2) is 48.7 Å². The molecule has 20 heavy (non-hydrogen) atoms. The van der Waals surface area contributed by atoms with Gasteiger partial charge >= 0.3 is 0 Å². The monoisotopic (exact) mass is 267 g/mol. The number of nitrogens with zero attached hydrogens (tertiary/aromatic N) is 1. The SMILES string of the molecule is O=C(/C=C/c1ccccn1)c1ccc2c(c1)OCCO2. The van der Waals surface area contributed by atoms with Crippen LogP contribution in [0, 0.1) is 0 Å². The number of pyridine rings is 1. The van der Waals surface area contributed by atoms with Crippen LogP contribution in [-0.4, -0.2) is 24.0 Å². The number of rotatable bonds is 3. The molecule has 0 spiro atoms. The van der Waals surface area contributed by atoms with Crippen LogP contribution in [0.1, 0.15) is 16.1 Å². The number of benzene rings is 1. The summed E-state index contributed by atoms with van der Waals surface area (Å²) in [4.78, 5) is 16.2. The van der Waals surface area contributed by atoms with Crippen molar-refractivity contribution in [2.24, 2.45) is 0 Å². The molecule has 0 fully saturated rings. The van der Waals surface area contributed by atoms with E-state index < -0.39 is 0 Å². The molecule has 0 saturated heterocycles. The molecule has 0 radical (unpaired) electrons. The predicted octanol–water partition coefficient (Wildman–Crippen LogP) is 2.75. The maximum atomic E-state index is 12.1. The predicted molar refractivity (Wildman–Crippen MR) is 75.0 cm³/mol. The Kier molecular flexibility index (Phi) is 3.46. The summed E-state index contributed by atoms with van der Waals surface area (Å²) in [6.45, 7) is 1.05. The quantitative estimate of drug-likeness (QED) is 0.633. The van der Waals surface area contributed by atoms with E-state index in [4.69, 9.17) is 9.47 Å². The van der Waals surface area contributed by atoms with E-state index in [1.165, 1.54) is 6.08 Å². The molecule has 4 heteroatoms. The highest BCUT2D eigenvalue weighted by atomic mass is 16.6. The first-order valence-corrected chi connectivity index (χ1v) is 6.36. The van der Waals surface area contributed by atoms with Gasteiger partial charge in [0.15, 0.2) is 17.3 Å². The van der Waals surface area contributed by atoms with E-state index >= 15 is 0 Å². The number of fused-ring (bicyclic) bond motifs is 1. The first kappa shape index (κ1) is 12.4. The molecule has 0 bridgehead atoms. The fraction of sp³-hybridized carbons (Fsp3) is 0.125. The van der Waals surface area contributed by atoms with Crippen molar-refractivity contribution in [3.8, 4) is 11.5 Å². The van der Waals surface area contributed by atoms with Gasteiger partial charge in [-0.2, -0.15) is 0 Å². The summed E-state index contributed by atoms with van der Waals surface area (Å²) in [6, 6.07) is 10.8. The van der Waals surface area contributed by atoms with Crippen molar-refractivity contribution in [1.82, 2.24) is 4.98 Å². The standard InChI is InChI=1S/C16H13NO3/c18-14(6-5-13-3-1-2-8-17-13)12-4-7-15-16(11-12)20-10-9-19-15/h1-8,11H,9-10H2/b6-5+. The van der Waals surface area contributed by atoms with Crippen LogP contribution in [0.4, 0.5) is 0 Å². The van der Waals surface area contributed by atoms with Gasteiger partial charge < -0.3 is 9.47 Å². The molecule has 0 N–H and O–H groups in total. The molecule has 2 heterocycles. The number of ether oxygens (including phenoxy) is 2. The molecular weight excluding hydrogens is 254 g/mol. The lowest BCUT2D eigenvalue weighted by Gasteiger charge is -2.18. The third kappa shape index (κ3) is 2.69. The van der Waals surface area contributed by atoms with Gasteiger partial charge in [0.25, 0.3) is 0 Å². The first-order chi connectivity index (χ1) is 9.83. The van der Waals surface area contributed by atoms with E-state index in [1.807, 2.05) is 18.2 Å². The molecule has 1 aromatic carbocycles. The first-order valence-electron chi connectivity index (χ1n) is 6.36. The Bertz CT molecular complexity index is 650. The van der Waals surface area contributed by atoms with Crippen LogP contribution < -0.4 is 9.47 Å². The largest absolute Gasteiger partial charge is 0.486 e. The Balaban J connectivity index is 1.79. The van der Waals surface area contributed by atoms with E-state index in [9.17, 15) is 4.79 Å². The number of hydrogen-bond acceptors (Lipinski definition) is 4. The zero-order valence-electron chi connectivity index (χ0n) is 10.8. The van der Waals surface area contributed by atoms with Gasteiger partial charge in [-0.25, -0.2) is 0 Å². The summed E-state index contributed by atoms with van der Waals surface area (Å²) >= 11 is 0. The highest BCUT2D eigenvalue weighted by Crippen LogP contribution is 2.30. The Hall–Kier alpha value is -2.62. The summed E-state index contributed by atoms with van der Waals surface area (Å²) in [6.07, 6.45) is 4.89. The minimum atomic E-state index is -0.0902. The molecular formula is C16H13NO3. The van der Waals surface area contributed by atoms with Gasteiger partial charge in [-0.1, -0.05) is 6.07 Å². The van der Waals surface area contributed by atoms with E-state index in [0.717, 1.165) is 5.69 Å². The summed E-state index contributed by atoms with van der Waals surface area (Å²) < 4.78 is 10.9. The average Bonchev–Trinajstić information content (AvgIpc) is 2.53. The number of carbonyl (C=O) groups is 1. The van der Waals surface area contributed by atoms with Gasteiger partial charge in [0.2, 0.25) is 0 Å². The van der Waals surface area contributed by atoms with E-state index in [0.29, 0.717) is 30.3 Å². The second kappa shape index (κ2) is 5.57. The number of ketones is 1. The lowest BCUT2D eigenvalue weighted by molar-refractivity contribution is 0.104. The Morgan fingerprint density at radius 3 is 2.75 bits per heavy atom. The second-order valence-corrected chi connectivity index (χ2v) is 4.31. The highest BCUT2D eigenvalue weighted by molar-refractivity contribution is 6.07. The van der Waals surface area contributed by atoms with Crippen molar-refractivity contribution in [3.05, 3.63) is 59.9 Å². The number of carbonyl (C=O) groups excluding carboxylic acids is 1. The smallest absolute Gasteiger partial charge is 0.186 e. The molecule has 3 rings (SSSR count). The van der Waals surface area contributed by atoms with E-state index in [-0.39, 0.29) is 5.78 Å². The minimum Gasteiger partial charge on any atom is -0.486 e. The van der Waals surface area contributed by atoms with Gasteiger partial charge in [-0.3, -0.25) is 9.78 Å². The summed E-state index contributed by atoms with van der Waals surface area (Å²) in [5.41, 5.74) is 1.32. The fourth-order valence-electron chi connectivity index (χ4n) is 1.93. The van der Waals surface area contributed by atoms with Gasteiger partial charge in [0, 0.05) is 11.8 Å². The van der Waals surface area contributed by atoms with Crippen molar-refractivity contribution in [2.45, 2.75) is 0 Å². The molecule has 2 aromatic rings. The summed E-state index contributed by atoms with van der Waals surface area (Å²) in [7, 11) is 0. The van der Waals surface area contributed by atoms with E-state index in [1.54, 1.807) is 30.5 Å². The molecule has 0 saturated carbocycles. The van der Waals surface area contributed by atoms with Crippen molar-refractivity contribution in [1.29, 1.82) is 0 Å². The normalized spacial score (nSPS) is 13.4. The Morgan fingerprint density at radius 2 is 1.95 bits per heavy atom. The van der Waals surface area contributed by atoms with Crippen LogP contribution >= 0.6 is 0 Å². The fourth-order valence-corrected chi connectivity index (χ4v) is 1.93. The van der Waals surface area contributed by atoms with Crippen LogP contribution in [0.3, 0.4) is 0 Å². The van der Waals surface area contributed by atoms with Crippen molar-refractivity contribution >= 4 is 11.9 Å². The van der Waals surface area contributed by atoms with Crippen molar-refractivity contribution in [2.75, 3.05) is 13.2 Å². The van der Waals surface area contributed by atoms with Crippen LogP contribution in [0.25, 0.3) is 6.08 Å². The minimum absolute atomic E-state index is 0.0902. The molecule has 0 unspecified atom stereocenters.